The first kappa shape index (κ1) is 14.3. The fourth-order valence-electron chi connectivity index (χ4n) is 2.55. The zero-order valence-electron chi connectivity index (χ0n) is 11.0. The Bertz CT molecular complexity index is 664. The highest BCUT2D eigenvalue weighted by Crippen LogP contribution is 2.41. The van der Waals surface area contributed by atoms with Crippen molar-refractivity contribution in [1.82, 2.24) is 0 Å². The SMILES string of the molecule is COc1ccc(N2C(=O)CC3(CC(Cl)N=N3)C2=O)cc1Cl. The number of hydrogen-bond acceptors (Lipinski definition) is 5. The van der Waals surface area contributed by atoms with Gasteiger partial charge in [0.25, 0.3) is 5.91 Å². The smallest absolute Gasteiger partial charge is 0.264 e. The molecule has 0 saturated carbocycles. The van der Waals surface area contributed by atoms with Gasteiger partial charge in [-0.1, -0.05) is 23.2 Å². The second-order valence-corrected chi connectivity index (χ2v) is 5.83. The molecule has 3 rings (SSSR count). The first-order valence-corrected chi connectivity index (χ1v) is 7.05. The molecule has 2 heterocycles. The van der Waals surface area contributed by atoms with Gasteiger partial charge in [-0.25, -0.2) is 4.90 Å². The minimum atomic E-state index is -1.16. The average molecular weight is 328 g/mol. The van der Waals surface area contributed by atoms with Crippen molar-refractivity contribution in [3.8, 4) is 5.75 Å². The summed E-state index contributed by atoms with van der Waals surface area (Å²) >= 11 is 11.9. The third kappa shape index (κ3) is 2.18. The monoisotopic (exact) mass is 327 g/mol. The summed E-state index contributed by atoms with van der Waals surface area (Å²) in [7, 11) is 1.49. The van der Waals surface area contributed by atoms with Crippen LogP contribution in [-0.2, 0) is 9.59 Å². The van der Waals surface area contributed by atoms with Crippen LogP contribution in [0.1, 0.15) is 12.8 Å². The van der Waals surface area contributed by atoms with Crippen LogP contribution in [0.4, 0.5) is 5.69 Å². The van der Waals surface area contributed by atoms with Gasteiger partial charge in [0.05, 0.1) is 24.2 Å². The lowest BCUT2D eigenvalue weighted by molar-refractivity contribution is -0.122. The third-order valence-electron chi connectivity index (χ3n) is 3.57. The van der Waals surface area contributed by atoms with Gasteiger partial charge in [-0.15, -0.1) is 0 Å². The van der Waals surface area contributed by atoms with E-state index in [-0.39, 0.29) is 18.7 Å². The van der Waals surface area contributed by atoms with E-state index in [4.69, 9.17) is 27.9 Å². The number of hydrogen-bond donors (Lipinski definition) is 0. The zero-order chi connectivity index (χ0) is 15.2. The molecule has 2 aliphatic heterocycles. The number of carbonyl (C=O) groups is 2. The number of methoxy groups -OCH3 is 1. The van der Waals surface area contributed by atoms with Crippen molar-refractivity contribution in [3.63, 3.8) is 0 Å². The summed E-state index contributed by atoms with van der Waals surface area (Å²) in [4.78, 5) is 25.9. The van der Waals surface area contributed by atoms with Gasteiger partial charge in [-0.05, 0) is 18.2 Å². The average Bonchev–Trinajstić information content (AvgIpc) is 2.91. The van der Waals surface area contributed by atoms with Crippen molar-refractivity contribution in [1.29, 1.82) is 0 Å². The van der Waals surface area contributed by atoms with Crippen LogP contribution in [0.3, 0.4) is 0 Å². The zero-order valence-corrected chi connectivity index (χ0v) is 12.6. The third-order valence-corrected chi connectivity index (χ3v) is 4.11. The summed E-state index contributed by atoms with van der Waals surface area (Å²) in [5.41, 5.74) is -1.34. The second-order valence-electron chi connectivity index (χ2n) is 4.92. The molecule has 1 saturated heterocycles. The van der Waals surface area contributed by atoms with Crippen molar-refractivity contribution in [3.05, 3.63) is 23.2 Å². The number of benzene rings is 1. The molecular formula is C13H11Cl2N3O3. The Balaban J connectivity index is 1.96. The minimum absolute atomic E-state index is 0.0256. The molecule has 8 heteroatoms. The first-order chi connectivity index (χ1) is 9.97. The van der Waals surface area contributed by atoms with Gasteiger partial charge < -0.3 is 4.74 Å². The predicted molar refractivity (Wildman–Crippen MR) is 77.0 cm³/mol. The van der Waals surface area contributed by atoms with Crippen LogP contribution in [0.2, 0.25) is 5.02 Å². The number of rotatable bonds is 2. The van der Waals surface area contributed by atoms with Gasteiger partial charge in [0, 0.05) is 6.42 Å². The van der Waals surface area contributed by atoms with Crippen LogP contribution < -0.4 is 9.64 Å². The van der Waals surface area contributed by atoms with Crippen LogP contribution >= 0.6 is 23.2 Å². The van der Waals surface area contributed by atoms with E-state index < -0.39 is 16.9 Å². The van der Waals surface area contributed by atoms with Crippen LogP contribution in [0.25, 0.3) is 0 Å². The van der Waals surface area contributed by atoms with Crippen molar-refractivity contribution in [2.24, 2.45) is 10.2 Å². The molecule has 1 aromatic carbocycles. The number of azo groups is 1. The Morgan fingerprint density at radius 2 is 2.19 bits per heavy atom. The van der Waals surface area contributed by atoms with Gasteiger partial charge >= 0.3 is 0 Å². The van der Waals surface area contributed by atoms with Gasteiger partial charge in [0.1, 0.15) is 11.3 Å². The second kappa shape index (κ2) is 4.96. The molecule has 1 spiro atoms. The minimum Gasteiger partial charge on any atom is -0.495 e. The highest BCUT2D eigenvalue weighted by molar-refractivity contribution is 6.33. The summed E-state index contributed by atoms with van der Waals surface area (Å²) in [6.07, 6.45) is 0.210. The standard InChI is InChI=1S/C13H11Cl2N3O3/c1-21-9-3-2-7(4-8(9)14)18-11(19)6-13(12(18)20)5-10(15)16-17-13/h2-4,10H,5-6H2,1H3. The molecule has 2 aliphatic rings. The van der Waals surface area contributed by atoms with E-state index in [0.29, 0.717) is 16.5 Å². The maximum absolute atomic E-state index is 12.6. The topological polar surface area (TPSA) is 71.3 Å². The molecule has 0 bridgehead atoms. The number of ether oxygens (including phenoxy) is 1. The molecular weight excluding hydrogens is 317 g/mol. The van der Waals surface area contributed by atoms with E-state index >= 15 is 0 Å². The van der Waals surface area contributed by atoms with Gasteiger partial charge in [-0.2, -0.15) is 10.2 Å². The Hall–Kier alpha value is -1.66. The molecule has 0 aliphatic carbocycles. The molecule has 6 nitrogen and oxygen atoms in total. The molecule has 0 radical (unpaired) electrons. The van der Waals surface area contributed by atoms with E-state index in [2.05, 4.69) is 10.2 Å². The van der Waals surface area contributed by atoms with E-state index in [1.165, 1.54) is 13.2 Å². The number of imide groups is 1. The van der Waals surface area contributed by atoms with Crippen molar-refractivity contribution >= 4 is 40.7 Å². The summed E-state index contributed by atoms with van der Waals surface area (Å²) in [5, 5.41) is 8.03. The van der Waals surface area contributed by atoms with Gasteiger partial charge in [0.2, 0.25) is 5.91 Å². The molecule has 0 aromatic heterocycles. The van der Waals surface area contributed by atoms with Crippen molar-refractivity contribution in [2.75, 3.05) is 12.0 Å². The Morgan fingerprint density at radius 1 is 1.43 bits per heavy atom. The summed E-state index contributed by atoms with van der Waals surface area (Å²) in [6.45, 7) is 0. The van der Waals surface area contributed by atoms with Gasteiger partial charge in [-0.3, -0.25) is 9.59 Å². The van der Waals surface area contributed by atoms with Crippen LogP contribution in [0, 0.1) is 0 Å². The van der Waals surface area contributed by atoms with E-state index in [1.807, 2.05) is 0 Å². The maximum atomic E-state index is 12.6. The van der Waals surface area contributed by atoms with Crippen molar-refractivity contribution < 1.29 is 14.3 Å². The lowest BCUT2D eigenvalue weighted by atomic mass is 9.95. The lowest BCUT2D eigenvalue weighted by Gasteiger charge is -2.18. The van der Waals surface area contributed by atoms with Gasteiger partial charge in [0.15, 0.2) is 5.54 Å². The number of amides is 2. The number of halogens is 2. The molecule has 110 valence electrons. The highest BCUT2D eigenvalue weighted by atomic mass is 35.5. The van der Waals surface area contributed by atoms with Crippen LogP contribution in [0.5, 0.6) is 5.75 Å². The Kier molecular flexibility index (Phi) is 3.37. The molecule has 0 N–H and O–H groups in total. The van der Waals surface area contributed by atoms with Crippen molar-refractivity contribution in [2.45, 2.75) is 23.9 Å². The van der Waals surface area contributed by atoms with E-state index in [0.717, 1.165) is 4.90 Å². The lowest BCUT2D eigenvalue weighted by Crippen LogP contribution is -2.38. The molecule has 1 fully saturated rings. The maximum Gasteiger partial charge on any atom is 0.264 e. The molecule has 2 amide bonds. The number of alkyl halides is 1. The predicted octanol–water partition coefficient (Wildman–Crippen LogP) is 2.77. The summed E-state index contributed by atoms with van der Waals surface area (Å²) < 4.78 is 5.05. The number of anilines is 1. The summed E-state index contributed by atoms with van der Waals surface area (Å²) in [6, 6.07) is 4.72. The highest BCUT2D eigenvalue weighted by Gasteiger charge is 2.56. The molecule has 21 heavy (non-hydrogen) atoms. The molecule has 2 unspecified atom stereocenters. The summed E-state index contributed by atoms with van der Waals surface area (Å²) in [5.74, 6) is -0.290. The number of nitrogens with zero attached hydrogens (tertiary/aromatic N) is 3. The van der Waals surface area contributed by atoms with Crippen LogP contribution in [0.15, 0.2) is 28.4 Å². The van der Waals surface area contributed by atoms with Crippen LogP contribution in [-0.4, -0.2) is 30.0 Å². The molecule has 2 atom stereocenters. The fourth-order valence-corrected chi connectivity index (χ4v) is 3.10. The fraction of sp³-hybridized carbons (Fsp3) is 0.385. The Labute approximate surface area is 130 Å². The van der Waals surface area contributed by atoms with E-state index in [9.17, 15) is 9.59 Å². The first-order valence-electron chi connectivity index (χ1n) is 6.24. The molecule has 1 aromatic rings. The number of carbonyl (C=O) groups excluding carboxylic acids is 2. The van der Waals surface area contributed by atoms with E-state index in [1.54, 1.807) is 12.1 Å². The largest absolute Gasteiger partial charge is 0.495 e. The normalized spacial score (nSPS) is 28.0. The quantitative estimate of drug-likeness (QED) is 0.476. The Morgan fingerprint density at radius 3 is 2.76 bits per heavy atom.